The molecule has 2 rings (SSSR count). The van der Waals surface area contributed by atoms with Crippen LogP contribution in [0.5, 0.6) is 11.6 Å². The third-order valence-electron chi connectivity index (χ3n) is 4.54. The van der Waals surface area contributed by atoms with Crippen LogP contribution in [0.1, 0.15) is 50.2 Å². The van der Waals surface area contributed by atoms with Crippen molar-refractivity contribution in [3.8, 4) is 11.6 Å². The van der Waals surface area contributed by atoms with Gasteiger partial charge in [0.2, 0.25) is 0 Å². The van der Waals surface area contributed by atoms with Crippen LogP contribution in [-0.2, 0) is 19.1 Å². The van der Waals surface area contributed by atoms with Crippen LogP contribution in [0.3, 0.4) is 0 Å². The molecule has 0 fully saturated rings. The molecular formula is C22H29NO7S. The van der Waals surface area contributed by atoms with E-state index in [2.05, 4.69) is 4.98 Å². The molecule has 0 saturated carbocycles. The summed E-state index contributed by atoms with van der Waals surface area (Å²) in [5.41, 5.74) is -0.288. The summed E-state index contributed by atoms with van der Waals surface area (Å²) >= 11 is 1.17. The lowest BCUT2D eigenvalue weighted by Gasteiger charge is -2.26. The molecular weight excluding hydrogens is 422 g/mol. The van der Waals surface area contributed by atoms with Gasteiger partial charge in [-0.05, 0) is 33.3 Å². The Morgan fingerprint density at radius 2 is 1.74 bits per heavy atom. The first-order valence-electron chi connectivity index (χ1n) is 9.93. The number of ketones is 1. The van der Waals surface area contributed by atoms with Crippen LogP contribution in [0.2, 0.25) is 0 Å². The predicted octanol–water partition coefficient (Wildman–Crippen LogP) is 4.04. The van der Waals surface area contributed by atoms with E-state index in [1.54, 1.807) is 32.9 Å². The number of Topliss-reactive ketones (excluding diaryl/α,β-unsaturated/α-hetero) is 1. The van der Waals surface area contributed by atoms with Crippen LogP contribution >= 0.6 is 11.3 Å². The second-order valence-corrected chi connectivity index (χ2v) is 9.07. The monoisotopic (exact) mass is 451 g/mol. The lowest BCUT2D eigenvalue weighted by atomic mass is 9.84. The number of fused-ring (bicyclic) bond motifs is 1. The van der Waals surface area contributed by atoms with E-state index in [0.29, 0.717) is 33.7 Å². The Morgan fingerprint density at radius 1 is 1.06 bits per heavy atom. The first kappa shape index (κ1) is 24.6. The van der Waals surface area contributed by atoms with Crippen LogP contribution in [0.25, 0.3) is 10.2 Å². The highest BCUT2D eigenvalue weighted by Crippen LogP contribution is 2.36. The maximum atomic E-state index is 13.5. The highest BCUT2D eigenvalue weighted by Gasteiger charge is 2.42. The molecule has 0 aliphatic carbocycles. The topological polar surface area (TPSA) is 101 Å². The van der Waals surface area contributed by atoms with E-state index in [1.807, 2.05) is 6.92 Å². The van der Waals surface area contributed by atoms with Crippen molar-refractivity contribution in [3.05, 3.63) is 17.0 Å². The summed E-state index contributed by atoms with van der Waals surface area (Å²) in [5.74, 6) is -3.41. The van der Waals surface area contributed by atoms with Gasteiger partial charge in [-0.1, -0.05) is 13.3 Å². The van der Waals surface area contributed by atoms with Gasteiger partial charge in [-0.15, -0.1) is 11.3 Å². The SMILES string of the molecule is CCCC(C(=O)OC)C(C(=O)OC(C)(C)C)C(=O)c1cc2nc(OC)c(OC)cc2s1. The number of esters is 2. The highest BCUT2D eigenvalue weighted by atomic mass is 32.1. The number of thiophene rings is 1. The molecule has 0 spiro atoms. The Kier molecular flexibility index (Phi) is 8.00. The number of methoxy groups -OCH3 is 3. The average molecular weight is 452 g/mol. The van der Waals surface area contributed by atoms with Gasteiger partial charge in [-0.2, -0.15) is 0 Å². The van der Waals surface area contributed by atoms with Crippen LogP contribution < -0.4 is 9.47 Å². The zero-order valence-electron chi connectivity index (χ0n) is 18.9. The lowest BCUT2D eigenvalue weighted by molar-refractivity contribution is -0.165. The Morgan fingerprint density at radius 3 is 2.26 bits per heavy atom. The minimum atomic E-state index is -1.32. The Labute approximate surface area is 185 Å². The minimum Gasteiger partial charge on any atom is -0.491 e. The molecule has 9 heteroatoms. The molecule has 0 bridgehead atoms. The average Bonchev–Trinajstić information content (AvgIpc) is 3.13. The van der Waals surface area contributed by atoms with Crippen molar-refractivity contribution < 1.29 is 33.3 Å². The number of carbonyl (C=O) groups excluding carboxylic acids is 3. The fraction of sp³-hybridized carbons (Fsp3) is 0.545. The zero-order chi connectivity index (χ0) is 23.3. The molecule has 31 heavy (non-hydrogen) atoms. The van der Waals surface area contributed by atoms with Crippen molar-refractivity contribution in [3.63, 3.8) is 0 Å². The lowest BCUT2D eigenvalue weighted by Crippen LogP contribution is -2.40. The molecule has 0 radical (unpaired) electrons. The summed E-state index contributed by atoms with van der Waals surface area (Å²) in [7, 11) is 4.21. The Hall–Kier alpha value is -2.68. The van der Waals surface area contributed by atoms with Crippen molar-refractivity contribution in [2.45, 2.75) is 46.1 Å². The predicted molar refractivity (Wildman–Crippen MR) is 117 cm³/mol. The van der Waals surface area contributed by atoms with Gasteiger partial charge in [-0.25, -0.2) is 4.98 Å². The van der Waals surface area contributed by atoms with Gasteiger partial charge < -0.3 is 18.9 Å². The quantitative estimate of drug-likeness (QED) is 0.320. The van der Waals surface area contributed by atoms with E-state index in [4.69, 9.17) is 18.9 Å². The number of pyridine rings is 1. The summed E-state index contributed by atoms with van der Waals surface area (Å²) < 4.78 is 21.6. The summed E-state index contributed by atoms with van der Waals surface area (Å²) in [6.45, 7) is 7.00. The van der Waals surface area contributed by atoms with E-state index >= 15 is 0 Å². The molecule has 2 aromatic rings. The molecule has 0 saturated heterocycles. The third kappa shape index (κ3) is 5.72. The molecule has 8 nitrogen and oxygen atoms in total. The van der Waals surface area contributed by atoms with E-state index < -0.39 is 35.2 Å². The fourth-order valence-electron chi connectivity index (χ4n) is 3.20. The normalized spacial score (nSPS) is 13.4. The number of nitrogens with zero attached hydrogens (tertiary/aromatic N) is 1. The van der Waals surface area contributed by atoms with Crippen molar-refractivity contribution in [2.24, 2.45) is 11.8 Å². The van der Waals surface area contributed by atoms with Crippen molar-refractivity contribution in [2.75, 3.05) is 21.3 Å². The van der Waals surface area contributed by atoms with Gasteiger partial charge in [0.05, 0.1) is 42.3 Å². The molecule has 2 atom stereocenters. The van der Waals surface area contributed by atoms with Crippen molar-refractivity contribution >= 4 is 39.3 Å². The largest absolute Gasteiger partial charge is 0.491 e. The molecule has 0 aliphatic heterocycles. The molecule has 0 amide bonds. The Bertz CT molecular complexity index is 920. The molecule has 0 N–H and O–H groups in total. The Balaban J connectivity index is 2.55. The van der Waals surface area contributed by atoms with E-state index in [-0.39, 0.29) is 5.88 Å². The first-order chi connectivity index (χ1) is 14.6. The van der Waals surface area contributed by atoms with Crippen molar-refractivity contribution in [1.29, 1.82) is 0 Å². The summed E-state index contributed by atoms with van der Waals surface area (Å²) in [4.78, 5) is 43.6. The van der Waals surface area contributed by atoms with Gasteiger partial charge in [0.1, 0.15) is 11.5 Å². The number of carbonyl (C=O) groups is 3. The van der Waals surface area contributed by atoms with Gasteiger partial charge in [0.15, 0.2) is 11.5 Å². The number of ether oxygens (including phenoxy) is 4. The van der Waals surface area contributed by atoms with Crippen LogP contribution in [0, 0.1) is 11.8 Å². The zero-order valence-corrected chi connectivity index (χ0v) is 19.8. The van der Waals surface area contributed by atoms with Gasteiger partial charge in [0, 0.05) is 6.07 Å². The van der Waals surface area contributed by atoms with Gasteiger partial charge in [0.25, 0.3) is 5.88 Å². The maximum absolute atomic E-state index is 13.5. The molecule has 0 aliphatic rings. The smallest absolute Gasteiger partial charge is 0.318 e. The molecule has 0 aromatic carbocycles. The molecule has 170 valence electrons. The van der Waals surface area contributed by atoms with Crippen LogP contribution in [0.4, 0.5) is 0 Å². The molecule has 2 unspecified atom stereocenters. The van der Waals surface area contributed by atoms with Crippen LogP contribution in [0.15, 0.2) is 12.1 Å². The third-order valence-corrected chi connectivity index (χ3v) is 5.63. The summed E-state index contributed by atoms with van der Waals surface area (Å²) in [5, 5.41) is 0. The van der Waals surface area contributed by atoms with Gasteiger partial charge in [-0.3, -0.25) is 14.4 Å². The van der Waals surface area contributed by atoms with Crippen LogP contribution in [-0.4, -0.2) is 49.6 Å². The fourth-order valence-corrected chi connectivity index (χ4v) is 4.21. The maximum Gasteiger partial charge on any atom is 0.318 e. The summed E-state index contributed by atoms with van der Waals surface area (Å²) in [6, 6.07) is 3.30. The first-order valence-corrected chi connectivity index (χ1v) is 10.7. The highest BCUT2D eigenvalue weighted by molar-refractivity contribution is 7.20. The number of aromatic nitrogens is 1. The molecule has 2 aromatic heterocycles. The van der Waals surface area contributed by atoms with E-state index in [9.17, 15) is 14.4 Å². The number of hydrogen-bond donors (Lipinski definition) is 0. The molecule has 2 heterocycles. The number of rotatable bonds is 9. The number of hydrogen-bond acceptors (Lipinski definition) is 9. The van der Waals surface area contributed by atoms with E-state index in [1.165, 1.54) is 32.7 Å². The minimum absolute atomic E-state index is 0.286. The summed E-state index contributed by atoms with van der Waals surface area (Å²) in [6.07, 6.45) is 0.905. The standard InChI is InChI=1S/C22H29NO7S/c1-8-9-12(20(25)29-7)17(21(26)30-22(2,3)4)18(24)16-10-13-15(31-16)11-14(27-5)19(23-13)28-6/h10-12,17H,8-9H2,1-7H3. The van der Waals surface area contributed by atoms with Gasteiger partial charge >= 0.3 is 11.9 Å². The van der Waals surface area contributed by atoms with E-state index in [0.717, 1.165) is 0 Å². The second-order valence-electron chi connectivity index (χ2n) is 7.99. The second kappa shape index (κ2) is 10.1. The van der Waals surface area contributed by atoms with Crippen molar-refractivity contribution in [1.82, 2.24) is 4.98 Å².